The van der Waals surface area contributed by atoms with Crippen LogP contribution < -0.4 is 5.32 Å². The first-order chi connectivity index (χ1) is 9.07. The highest BCUT2D eigenvalue weighted by atomic mass is 35.5. The van der Waals surface area contributed by atoms with Gasteiger partial charge in [-0.3, -0.25) is 0 Å². The number of benzene rings is 1. The van der Waals surface area contributed by atoms with E-state index in [0.717, 1.165) is 36.6 Å². The lowest BCUT2D eigenvalue weighted by atomic mass is 9.84. The van der Waals surface area contributed by atoms with Gasteiger partial charge in [-0.15, -0.1) is 0 Å². The fraction of sp³-hybridized carbons (Fsp3) is 0.600. The van der Waals surface area contributed by atoms with Crippen molar-refractivity contribution in [3.05, 3.63) is 33.8 Å². The number of likely N-dealkylation sites (N-methyl/N-ethyl adjacent to an activating group) is 1. The van der Waals surface area contributed by atoms with Crippen LogP contribution in [0.3, 0.4) is 0 Å². The molecular weight excluding hydrogens is 281 g/mol. The molecule has 2 rings (SSSR count). The summed E-state index contributed by atoms with van der Waals surface area (Å²) in [5.74, 6) is 0. The number of rotatable bonds is 4. The summed E-state index contributed by atoms with van der Waals surface area (Å²) in [7, 11) is 0. The number of hydrogen-bond acceptors (Lipinski definition) is 2. The van der Waals surface area contributed by atoms with Gasteiger partial charge in [0.15, 0.2) is 0 Å². The number of hydrogen-bond donors (Lipinski definition) is 1. The second-order valence-corrected chi connectivity index (χ2v) is 6.12. The molecule has 1 aromatic carbocycles. The average Bonchev–Trinajstić information content (AvgIpc) is 2.40. The predicted molar refractivity (Wildman–Crippen MR) is 81.1 cm³/mol. The molecule has 1 N–H and O–H groups in total. The molecule has 0 aromatic heterocycles. The molecule has 2 atom stereocenters. The van der Waals surface area contributed by atoms with E-state index in [2.05, 4.69) is 19.2 Å². The minimum atomic E-state index is -0.220. The fourth-order valence-corrected chi connectivity index (χ4v) is 3.19. The Bertz CT molecular complexity index is 430. The van der Waals surface area contributed by atoms with Crippen molar-refractivity contribution in [2.45, 2.75) is 44.8 Å². The lowest BCUT2D eigenvalue weighted by Crippen LogP contribution is -2.46. The van der Waals surface area contributed by atoms with Crippen molar-refractivity contribution < 1.29 is 4.74 Å². The predicted octanol–water partition coefficient (Wildman–Crippen LogP) is 4.60. The number of halogens is 2. The van der Waals surface area contributed by atoms with Gasteiger partial charge in [0.2, 0.25) is 0 Å². The van der Waals surface area contributed by atoms with Crippen molar-refractivity contribution >= 4 is 23.2 Å². The Morgan fingerprint density at radius 1 is 1.37 bits per heavy atom. The van der Waals surface area contributed by atoms with Gasteiger partial charge in [0, 0.05) is 16.7 Å². The molecule has 2 nitrogen and oxygen atoms in total. The third kappa shape index (κ3) is 3.43. The topological polar surface area (TPSA) is 21.3 Å². The highest BCUT2D eigenvalue weighted by Crippen LogP contribution is 2.39. The monoisotopic (exact) mass is 301 g/mol. The molecule has 1 saturated heterocycles. The van der Waals surface area contributed by atoms with Gasteiger partial charge in [-0.1, -0.05) is 30.1 Å². The van der Waals surface area contributed by atoms with Crippen LogP contribution in [0, 0.1) is 0 Å². The van der Waals surface area contributed by atoms with E-state index in [-0.39, 0.29) is 11.6 Å². The third-order valence-electron chi connectivity index (χ3n) is 3.79. The Morgan fingerprint density at radius 2 is 2.16 bits per heavy atom. The molecule has 1 aliphatic heterocycles. The maximum absolute atomic E-state index is 6.35. The van der Waals surface area contributed by atoms with E-state index >= 15 is 0 Å². The summed E-state index contributed by atoms with van der Waals surface area (Å²) < 4.78 is 6.07. The molecule has 2 unspecified atom stereocenters. The molecule has 0 amide bonds. The normalized spacial score (nSPS) is 25.3. The SMILES string of the molecule is CCNC(c1cc(Cl)ccc1Cl)C1(C)CCCCO1. The number of ether oxygens (including phenoxy) is 1. The molecule has 0 saturated carbocycles. The zero-order valence-corrected chi connectivity index (χ0v) is 13.0. The summed E-state index contributed by atoms with van der Waals surface area (Å²) in [5.41, 5.74) is 0.809. The Hall–Kier alpha value is -0.280. The summed E-state index contributed by atoms with van der Waals surface area (Å²) in [6.45, 7) is 5.94. The van der Waals surface area contributed by atoms with Crippen molar-refractivity contribution in [2.24, 2.45) is 0 Å². The molecule has 19 heavy (non-hydrogen) atoms. The highest BCUT2D eigenvalue weighted by Gasteiger charge is 2.38. The van der Waals surface area contributed by atoms with Crippen LogP contribution >= 0.6 is 23.2 Å². The van der Waals surface area contributed by atoms with E-state index in [4.69, 9.17) is 27.9 Å². The van der Waals surface area contributed by atoms with Gasteiger partial charge < -0.3 is 10.1 Å². The van der Waals surface area contributed by atoms with Gasteiger partial charge in [0.25, 0.3) is 0 Å². The van der Waals surface area contributed by atoms with E-state index < -0.39 is 0 Å². The largest absolute Gasteiger partial charge is 0.373 e. The van der Waals surface area contributed by atoms with Crippen LogP contribution in [0.1, 0.15) is 44.7 Å². The van der Waals surface area contributed by atoms with E-state index in [1.165, 1.54) is 6.42 Å². The summed E-state index contributed by atoms with van der Waals surface area (Å²) >= 11 is 12.5. The molecule has 0 radical (unpaired) electrons. The lowest BCUT2D eigenvalue weighted by molar-refractivity contribution is -0.0895. The Kier molecular flexibility index (Phi) is 5.13. The molecule has 0 aliphatic carbocycles. The molecule has 0 bridgehead atoms. The van der Waals surface area contributed by atoms with Crippen LogP contribution in [0.4, 0.5) is 0 Å². The van der Waals surface area contributed by atoms with Crippen molar-refractivity contribution in [3.8, 4) is 0 Å². The first kappa shape index (κ1) is 15.1. The van der Waals surface area contributed by atoms with Crippen LogP contribution in [0.2, 0.25) is 10.0 Å². The quantitative estimate of drug-likeness (QED) is 0.877. The highest BCUT2D eigenvalue weighted by molar-refractivity contribution is 6.33. The zero-order valence-electron chi connectivity index (χ0n) is 11.5. The van der Waals surface area contributed by atoms with Crippen LogP contribution in [0.15, 0.2) is 18.2 Å². The summed E-state index contributed by atoms with van der Waals surface area (Å²) in [6.07, 6.45) is 3.36. The van der Waals surface area contributed by atoms with Gasteiger partial charge in [0.1, 0.15) is 0 Å². The fourth-order valence-electron chi connectivity index (χ4n) is 2.78. The Balaban J connectivity index is 2.35. The van der Waals surface area contributed by atoms with Gasteiger partial charge in [0.05, 0.1) is 11.6 Å². The van der Waals surface area contributed by atoms with Crippen LogP contribution in [0.25, 0.3) is 0 Å². The molecule has 4 heteroatoms. The van der Waals surface area contributed by atoms with Gasteiger partial charge >= 0.3 is 0 Å². The standard InChI is InChI=1S/C15H21Cl2NO/c1-3-18-14(15(2)8-4-5-9-19-15)12-10-11(16)6-7-13(12)17/h6-7,10,14,18H,3-5,8-9H2,1-2H3. The molecule has 0 spiro atoms. The summed E-state index contributed by atoms with van der Waals surface area (Å²) in [6, 6.07) is 5.69. The second-order valence-electron chi connectivity index (χ2n) is 5.27. The Labute approximate surface area is 125 Å². The summed E-state index contributed by atoms with van der Waals surface area (Å²) in [4.78, 5) is 0. The van der Waals surface area contributed by atoms with E-state index in [1.54, 1.807) is 0 Å². The third-order valence-corrected chi connectivity index (χ3v) is 4.37. The van der Waals surface area contributed by atoms with Crippen LogP contribution in [-0.4, -0.2) is 18.8 Å². The van der Waals surface area contributed by atoms with Crippen LogP contribution in [-0.2, 0) is 4.74 Å². The van der Waals surface area contributed by atoms with E-state index in [0.29, 0.717) is 5.02 Å². The minimum absolute atomic E-state index is 0.0731. The number of nitrogens with one attached hydrogen (secondary N) is 1. The Morgan fingerprint density at radius 3 is 2.79 bits per heavy atom. The van der Waals surface area contributed by atoms with E-state index in [9.17, 15) is 0 Å². The molecule has 1 aliphatic rings. The smallest absolute Gasteiger partial charge is 0.0848 e. The zero-order chi connectivity index (χ0) is 13.9. The molecule has 1 aromatic rings. The summed E-state index contributed by atoms with van der Waals surface area (Å²) in [5, 5.41) is 4.96. The van der Waals surface area contributed by atoms with Gasteiger partial charge in [-0.25, -0.2) is 0 Å². The van der Waals surface area contributed by atoms with Crippen molar-refractivity contribution in [1.82, 2.24) is 5.32 Å². The second kappa shape index (κ2) is 6.45. The van der Waals surface area contributed by atoms with Crippen molar-refractivity contribution in [3.63, 3.8) is 0 Å². The molecule has 1 heterocycles. The van der Waals surface area contributed by atoms with Crippen molar-refractivity contribution in [2.75, 3.05) is 13.2 Å². The maximum Gasteiger partial charge on any atom is 0.0848 e. The lowest BCUT2D eigenvalue weighted by Gasteiger charge is -2.41. The van der Waals surface area contributed by atoms with E-state index in [1.807, 2.05) is 18.2 Å². The van der Waals surface area contributed by atoms with Crippen LogP contribution in [0.5, 0.6) is 0 Å². The minimum Gasteiger partial charge on any atom is -0.373 e. The average molecular weight is 302 g/mol. The maximum atomic E-state index is 6.35. The first-order valence-electron chi connectivity index (χ1n) is 6.89. The van der Waals surface area contributed by atoms with Gasteiger partial charge in [-0.2, -0.15) is 0 Å². The molecule has 106 valence electrons. The first-order valence-corrected chi connectivity index (χ1v) is 7.64. The molecule has 1 fully saturated rings. The van der Waals surface area contributed by atoms with Gasteiger partial charge in [-0.05, 0) is 56.5 Å². The molecular formula is C15H21Cl2NO. The van der Waals surface area contributed by atoms with Crippen molar-refractivity contribution in [1.29, 1.82) is 0 Å².